The van der Waals surface area contributed by atoms with Crippen LogP contribution >= 0.6 is 15.2 Å². The molecular weight excluding hydrogens is 971 g/mol. The summed E-state index contributed by atoms with van der Waals surface area (Å²) in [5.74, 6) is -0.489. The smallest absolute Gasteiger partial charge is 0.351 e. The van der Waals surface area contributed by atoms with Gasteiger partial charge in [0.25, 0.3) is 0 Å². The Morgan fingerprint density at radius 2 is 0.703 bits per heavy atom. The van der Waals surface area contributed by atoms with Crippen LogP contribution in [0, 0.1) is 0 Å². The van der Waals surface area contributed by atoms with Crippen molar-refractivity contribution in [2.45, 2.75) is 131 Å². The predicted octanol–water partition coefficient (Wildman–Crippen LogP) is 14.6. The molecule has 14 heteroatoms. The summed E-state index contributed by atoms with van der Waals surface area (Å²) in [6, 6.07) is 38.8. The molecule has 1 aliphatic rings. The summed E-state index contributed by atoms with van der Waals surface area (Å²) < 4.78 is 68.4. The lowest BCUT2D eigenvalue weighted by atomic mass is 9.89. The molecule has 396 valence electrons. The number of hydrogen-bond acceptors (Lipinski definition) is 12. The number of fused-ring (bicyclic) bond motifs is 8. The number of rotatable bonds is 22. The monoisotopic (exact) mass is 1050 g/mol. The molecule has 0 saturated heterocycles. The first-order chi connectivity index (χ1) is 35.5. The molecule has 1 aliphatic carbocycles. The van der Waals surface area contributed by atoms with Gasteiger partial charge in [0.15, 0.2) is 0 Å². The molecule has 0 heterocycles. The molecular formula is C60H76N2O10P2. The average Bonchev–Trinajstić information content (AvgIpc) is 3.36. The quantitative estimate of drug-likeness (QED) is 0.0478. The van der Waals surface area contributed by atoms with Crippen molar-refractivity contribution in [2.24, 2.45) is 0 Å². The number of aromatic hydroxyl groups is 2. The van der Waals surface area contributed by atoms with Gasteiger partial charge in [-0.1, -0.05) is 97.1 Å². The molecule has 12 nitrogen and oxygen atoms in total. The van der Waals surface area contributed by atoms with Gasteiger partial charge in [-0.2, -0.15) is 0 Å². The van der Waals surface area contributed by atoms with Gasteiger partial charge in [0.2, 0.25) is 0 Å². The minimum atomic E-state index is -3.92. The van der Waals surface area contributed by atoms with Crippen molar-refractivity contribution in [3.05, 3.63) is 188 Å². The Hall–Kier alpha value is -5.26. The first-order valence-electron chi connectivity index (χ1n) is 26.1. The van der Waals surface area contributed by atoms with Gasteiger partial charge in [-0.25, -0.2) is 0 Å². The third-order valence-corrected chi connectivity index (χ3v) is 17.7. The normalized spacial score (nSPS) is 14.6. The molecule has 0 aromatic heterocycles. The first kappa shape index (κ1) is 56.5. The van der Waals surface area contributed by atoms with E-state index in [1.165, 1.54) is 0 Å². The molecule has 0 saturated carbocycles. The van der Waals surface area contributed by atoms with Crippen molar-refractivity contribution in [3.8, 4) is 23.0 Å². The second kappa shape index (κ2) is 25.5. The van der Waals surface area contributed by atoms with E-state index < -0.39 is 26.8 Å². The molecule has 6 aromatic carbocycles. The zero-order valence-corrected chi connectivity index (χ0v) is 46.5. The standard InChI is InChI=1S/C60H76N2O10P2/c1-11-67-73(65,68-12-2)59(61-41(9)43-23-17-15-18-24-43)53-35-49-31-45-27-21-29-47(57(45)71-39(5)6)33-51-37-54(60(74(66,69-13-3)70-14-4)62-42(10)44-25-19-16-20-26-44)38-52(56(51)64)34-48-30-22-28-46(58(48)72-40(7)8)32-50(36-53)55(49)63/h15-30,35-42,59-64H,11-14,31-34H2,1-10H3/t41-,42-,59+,60+/m0/s1. The summed E-state index contributed by atoms with van der Waals surface area (Å²) in [5.41, 5.74) is 8.70. The summed E-state index contributed by atoms with van der Waals surface area (Å²) >= 11 is 0. The van der Waals surface area contributed by atoms with Crippen LogP contribution in [0.1, 0.15) is 160 Å². The second-order valence-corrected chi connectivity index (χ2v) is 23.6. The average molecular weight is 1050 g/mol. The minimum Gasteiger partial charge on any atom is -0.507 e. The maximum atomic E-state index is 15.2. The fourth-order valence-corrected chi connectivity index (χ4v) is 13.9. The zero-order chi connectivity index (χ0) is 53.2. The lowest BCUT2D eigenvalue weighted by Gasteiger charge is -2.31. The van der Waals surface area contributed by atoms with Crippen LogP contribution in [0.5, 0.6) is 23.0 Å². The molecule has 0 unspecified atom stereocenters. The number of phenolic OH excluding ortho intramolecular Hbond substituents is 2. The van der Waals surface area contributed by atoms with Crippen LogP contribution in [0.4, 0.5) is 0 Å². The number of hydrogen-bond donors (Lipinski definition) is 4. The third-order valence-electron chi connectivity index (χ3n) is 13.1. The number of phenols is 2. The van der Waals surface area contributed by atoms with Crippen molar-refractivity contribution < 1.29 is 46.9 Å². The Balaban J connectivity index is 1.49. The molecule has 0 radical (unpaired) electrons. The second-order valence-electron chi connectivity index (χ2n) is 19.4. The summed E-state index contributed by atoms with van der Waals surface area (Å²) in [6.45, 7) is 19.7. The molecule has 0 spiro atoms. The van der Waals surface area contributed by atoms with Crippen molar-refractivity contribution in [2.75, 3.05) is 26.4 Å². The van der Waals surface area contributed by atoms with Gasteiger partial charge in [-0.3, -0.25) is 19.8 Å². The Bertz CT molecular complexity index is 2610. The topological polar surface area (TPSA) is 154 Å². The maximum Gasteiger partial charge on any atom is 0.351 e. The lowest BCUT2D eigenvalue weighted by molar-refractivity contribution is 0.204. The summed E-state index contributed by atoms with van der Waals surface area (Å²) in [4.78, 5) is 0. The maximum absolute atomic E-state index is 15.2. The minimum absolute atomic E-state index is 0.0870. The van der Waals surface area contributed by atoms with Gasteiger partial charge in [-0.05, 0) is 160 Å². The van der Waals surface area contributed by atoms with Gasteiger partial charge in [0, 0.05) is 37.8 Å². The molecule has 74 heavy (non-hydrogen) atoms. The van der Waals surface area contributed by atoms with Gasteiger partial charge in [0.05, 0.1) is 38.6 Å². The first-order valence-corrected chi connectivity index (χ1v) is 29.4. The van der Waals surface area contributed by atoms with Crippen LogP contribution in [0.3, 0.4) is 0 Å². The van der Waals surface area contributed by atoms with E-state index in [1.54, 1.807) is 27.7 Å². The van der Waals surface area contributed by atoms with Crippen LogP contribution in [0.15, 0.2) is 121 Å². The van der Waals surface area contributed by atoms with Gasteiger partial charge in [0.1, 0.15) is 34.6 Å². The number of nitrogens with one attached hydrogen (secondary N) is 2. The SMILES string of the molecule is CCOP(=O)(OCC)[C@@H](N[C@@H](C)c1ccccc1)c1cc2c(O)c(c1)Cc1cccc(c1OC(C)C)Cc1cc([C@H](N[C@@H](C)c3ccccc3)P(=O)(OCC)OCC)cc(c1O)Cc1cccc(c1OC(C)C)C2. The van der Waals surface area contributed by atoms with Crippen molar-refractivity contribution in [1.29, 1.82) is 0 Å². The Kier molecular flexibility index (Phi) is 19.5. The molecule has 0 aliphatic heterocycles. The van der Waals surface area contributed by atoms with E-state index in [1.807, 2.05) is 163 Å². The molecule has 7 rings (SSSR count). The molecule has 6 aromatic rings. The van der Waals surface area contributed by atoms with E-state index in [-0.39, 0.29) is 87.9 Å². The highest BCUT2D eigenvalue weighted by Gasteiger charge is 2.41. The van der Waals surface area contributed by atoms with E-state index in [2.05, 4.69) is 10.6 Å². The Morgan fingerprint density at radius 1 is 0.419 bits per heavy atom. The molecule has 4 N–H and O–H groups in total. The summed E-state index contributed by atoms with van der Waals surface area (Å²) in [7, 11) is -7.83. The van der Waals surface area contributed by atoms with Gasteiger partial charge in [-0.15, -0.1) is 0 Å². The van der Waals surface area contributed by atoms with Crippen LogP contribution in [-0.2, 0) is 52.9 Å². The van der Waals surface area contributed by atoms with Crippen molar-refractivity contribution in [1.82, 2.24) is 10.6 Å². The lowest BCUT2D eigenvalue weighted by Crippen LogP contribution is -2.27. The van der Waals surface area contributed by atoms with Crippen molar-refractivity contribution in [3.63, 3.8) is 0 Å². The fourth-order valence-electron chi connectivity index (χ4n) is 9.84. The van der Waals surface area contributed by atoms with Crippen LogP contribution in [0.25, 0.3) is 0 Å². The predicted molar refractivity (Wildman–Crippen MR) is 295 cm³/mol. The highest BCUT2D eigenvalue weighted by molar-refractivity contribution is 7.54. The molecule has 0 amide bonds. The zero-order valence-electron chi connectivity index (χ0n) is 44.7. The molecule has 0 fully saturated rings. The largest absolute Gasteiger partial charge is 0.507 e. The number of ether oxygens (including phenoxy) is 2. The summed E-state index contributed by atoms with van der Waals surface area (Å²) in [5, 5.41) is 32.5. The van der Waals surface area contributed by atoms with E-state index in [9.17, 15) is 10.2 Å². The van der Waals surface area contributed by atoms with Crippen LogP contribution < -0.4 is 20.1 Å². The number of benzene rings is 6. The van der Waals surface area contributed by atoms with Gasteiger partial charge >= 0.3 is 15.2 Å². The van der Waals surface area contributed by atoms with E-state index in [0.29, 0.717) is 44.9 Å². The van der Waals surface area contributed by atoms with Gasteiger partial charge < -0.3 is 37.8 Å². The van der Waals surface area contributed by atoms with Crippen molar-refractivity contribution >= 4 is 15.2 Å². The Labute approximate surface area is 439 Å². The van der Waals surface area contributed by atoms with E-state index in [0.717, 1.165) is 33.4 Å². The summed E-state index contributed by atoms with van der Waals surface area (Å²) in [6.07, 6.45) is 0.392. The third kappa shape index (κ3) is 13.4. The van der Waals surface area contributed by atoms with Crippen LogP contribution in [-0.4, -0.2) is 48.8 Å². The molecule has 4 atom stereocenters. The highest BCUT2D eigenvalue weighted by Crippen LogP contribution is 2.62. The fraction of sp³-hybridized carbons (Fsp3) is 0.400. The van der Waals surface area contributed by atoms with E-state index in [4.69, 9.17) is 27.6 Å². The number of para-hydroxylation sites is 2. The Morgan fingerprint density at radius 3 is 0.959 bits per heavy atom. The van der Waals surface area contributed by atoms with E-state index >= 15 is 9.13 Å². The van der Waals surface area contributed by atoms with Crippen LogP contribution in [0.2, 0.25) is 0 Å². The molecule has 8 bridgehead atoms. The highest BCUT2D eigenvalue weighted by atomic mass is 31.2.